The van der Waals surface area contributed by atoms with Crippen molar-refractivity contribution in [1.29, 1.82) is 0 Å². The van der Waals surface area contributed by atoms with Crippen molar-refractivity contribution in [3.8, 4) is 46.0 Å². The molecule has 0 amide bonds. The second-order valence-electron chi connectivity index (χ2n) is 12.5. The van der Waals surface area contributed by atoms with Crippen LogP contribution in [0.3, 0.4) is 0 Å². The first-order valence-corrected chi connectivity index (χ1v) is 17.4. The van der Waals surface area contributed by atoms with Crippen LogP contribution in [-0.4, -0.2) is 111 Å². The Hall–Kier alpha value is -8.94. The SMILES string of the molecule is O=C(/C=C/c1ccc(O)c(O)c1)O[C@H]([C@H](OC(=O)/C=C/c1ccc(O)c(O)c1)[C@@H](OC(=O)/C=C/c1ccc(O)c(O)c1)C(=O)O)[C@H](OC(=O)/C=C/c1ccc(O)c(O)c1)C(=O)O. The van der Waals surface area contributed by atoms with E-state index in [9.17, 15) is 79.8 Å². The van der Waals surface area contributed by atoms with Crippen LogP contribution in [-0.2, 0) is 47.7 Å². The van der Waals surface area contributed by atoms with Gasteiger partial charge in [-0.2, -0.15) is 0 Å². The molecule has 20 nitrogen and oxygen atoms in total. The van der Waals surface area contributed by atoms with Crippen molar-refractivity contribution in [1.82, 2.24) is 0 Å². The largest absolute Gasteiger partial charge is 0.504 e. The monoisotopic (exact) mass is 858 g/mol. The molecule has 4 atom stereocenters. The van der Waals surface area contributed by atoms with Gasteiger partial charge in [-0.1, -0.05) is 24.3 Å². The predicted molar refractivity (Wildman–Crippen MR) is 210 cm³/mol. The molecule has 0 aliphatic heterocycles. The number of aromatic hydroxyl groups is 8. The Balaban J connectivity index is 1.80. The van der Waals surface area contributed by atoms with Gasteiger partial charge < -0.3 is 70.0 Å². The zero-order chi connectivity index (χ0) is 45.7. The quantitative estimate of drug-likeness (QED) is 0.0315. The molecule has 0 heterocycles. The molecule has 0 saturated heterocycles. The molecule has 0 fully saturated rings. The summed E-state index contributed by atoms with van der Waals surface area (Å²) in [5.74, 6) is -14.9. The maximum absolute atomic E-state index is 13.3. The number of rotatable bonds is 17. The third-order valence-electron chi connectivity index (χ3n) is 8.04. The van der Waals surface area contributed by atoms with Crippen LogP contribution in [0.25, 0.3) is 24.3 Å². The number of carbonyl (C=O) groups is 6. The molecule has 20 heteroatoms. The normalized spacial score (nSPS) is 13.4. The highest BCUT2D eigenvalue weighted by Crippen LogP contribution is 2.29. The van der Waals surface area contributed by atoms with E-state index >= 15 is 0 Å². The average Bonchev–Trinajstić information content (AvgIpc) is 3.22. The van der Waals surface area contributed by atoms with Gasteiger partial charge in [0.15, 0.2) is 58.2 Å². The average molecular weight is 859 g/mol. The van der Waals surface area contributed by atoms with E-state index in [0.717, 1.165) is 72.8 Å². The summed E-state index contributed by atoms with van der Waals surface area (Å²) in [6, 6.07) is 13.1. The molecular weight excluding hydrogens is 824 g/mol. The van der Waals surface area contributed by atoms with Crippen molar-refractivity contribution < 1.29 is 98.8 Å². The van der Waals surface area contributed by atoms with Gasteiger partial charge in [-0.25, -0.2) is 28.8 Å². The topological polar surface area (TPSA) is 342 Å². The second-order valence-corrected chi connectivity index (χ2v) is 12.5. The molecule has 0 bridgehead atoms. The van der Waals surface area contributed by atoms with Gasteiger partial charge in [-0.05, 0) is 95.1 Å². The highest BCUT2D eigenvalue weighted by molar-refractivity contribution is 5.92. The molecule has 322 valence electrons. The number of esters is 4. The fraction of sp³-hybridized carbons (Fsp3) is 0.0952. The number of ether oxygens (including phenoxy) is 4. The Labute approximate surface area is 348 Å². The van der Waals surface area contributed by atoms with E-state index in [1.54, 1.807) is 0 Å². The molecule has 0 radical (unpaired) electrons. The molecule has 62 heavy (non-hydrogen) atoms. The molecule has 0 aliphatic carbocycles. The molecular formula is C42H34O20. The second kappa shape index (κ2) is 20.7. The van der Waals surface area contributed by atoms with E-state index in [1.165, 1.54) is 24.3 Å². The third kappa shape index (κ3) is 13.0. The first kappa shape index (κ1) is 45.8. The van der Waals surface area contributed by atoms with Crippen molar-refractivity contribution in [3.05, 3.63) is 119 Å². The smallest absolute Gasteiger partial charge is 0.349 e. The highest BCUT2D eigenvalue weighted by Gasteiger charge is 2.49. The number of aliphatic carboxylic acids is 2. The van der Waals surface area contributed by atoms with E-state index in [2.05, 4.69) is 0 Å². The maximum atomic E-state index is 13.3. The van der Waals surface area contributed by atoms with Crippen LogP contribution < -0.4 is 0 Å². The molecule has 0 aliphatic rings. The Morgan fingerprint density at radius 1 is 0.355 bits per heavy atom. The Bertz CT molecular complexity index is 2310. The van der Waals surface area contributed by atoms with Crippen LogP contribution >= 0.6 is 0 Å². The Kier molecular flexibility index (Phi) is 15.2. The minimum atomic E-state index is -2.79. The number of hydrogen-bond acceptors (Lipinski definition) is 18. The summed E-state index contributed by atoms with van der Waals surface area (Å²) in [7, 11) is 0. The van der Waals surface area contributed by atoms with Crippen molar-refractivity contribution >= 4 is 60.1 Å². The molecule has 4 aromatic rings. The lowest BCUT2D eigenvalue weighted by atomic mass is 10.0. The number of carboxylic acid groups (broad SMARTS) is 2. The van der Waals surface area contributed by atoms with E-state index < -0.39 is 106 Å². The summed E-state index contributed by atoms with van der Waals surface area (Å²) in [6.45, 7) is 0. The van der Waals surface area contributed by atoms with Gasteiger partial charge >= 0.3 is 35.8 Å². The van der Waals surface area contributed by atoms with E-state index in [1.807, 2.05) is 0 Å². The fourth-order valence-electron chi connectivity index (χ4n) is 5.03. The Morgan fingerprint density at radius 3 is 0.790 bits per heavy atom. The van der Waals surface area contributed by atoms with Gasteiger partial charge in [-0.15, -0.1) is 0 Å². The van der Waals surface area contributed by atoms with Crippen molar-refractivity contribution in [3.63, 3.8) is 0 Å². The number of phenols is 8. The molecule has 0 unspecified atom stereocenters. The molecule has 10 N–H and O–H groups in total. The van der Waals surface area contributed by atoms with E-state index in [-0.39, 0.29) is 22.3 Å². The van der Waals surface area contributed by atoms with Gasteiger partial charge in [0, 0.05) is 24.3 Å². The van der Waals surface area contributed by atoms with Crippen LogP contribution in [0.4, 0.5) is 0 Å². The molecule has 0 aromatic heterocycles. The maximum Gasteiger partial charge on any atom is 0.349 e. The zero-order valence-electron chi connectivity index (χ0n) is 31.4. The van der Waals surface area contributed by atoms with Gasteiger partial charge in [0.05, 0.1) is 0 Å². The molecule has 4 aromatic carbocycles. The van der Waals surface area contributed by atoms with Crippen molar-refractivity contribution in [2.75, 3.05) is 0 Å². The van der Waals surface area contributed by atoms with Crippen molar-refractivity contribution in [2.45, 2.75) is 24.4 Å². The summed E-state index contributed by atoms with van der Waals surface area (Å²) >= 11 is 0. The van der Waals surface area contributed by atoms with Gasteiger partial charge in [0.1, 0.15) is 0 Å². The van der Waals surface area contributed by atoms with Crippen LogP contribution in [0.5, 0.6) is 46.0 Å². The number of hydrogen-bond donors (Lipinski definition) is 10. The highest BCUT2D eigenvalue weighted by atomic mass is 16.6. The summed E-state index contributed by atoms with van der Waals surface area (Å²) in [5.41, 5.74) is 0.262. The summed E-state index contributed by atoms with van der Waals surface area (Å²) < 4.78 is 20.7. The standard InChI is InChI=1S/C42H34O20/c43-25-9-1-21(17-29(25)47)5-13-33(51)59-37(39(41(55)56)61-35(53)15-7-23-3-11-27(45)31(49)19-23)38(60-34(52)14-6-22-2-10-26(44)30(48)18-22)40(42(57)58)62-36(54)16-8-24-4-12-28(46)32(50)20-24/h1-20,37-40,43-50H,(H,55,56)(H,57,58)/b13-5+,14-6+,15-7+,16-8+/t37-,38+,39+,40-. The van der Waals surface area contributed by atoms with Gasteiger partial charge in [0.2, 0.25) is 12.2 Å². The first-order chi connectivity index (χ1) is 29.3. The lowest BCUT2D eigenvalue weighted by molar-refractivity contribution is -0.203. The lowest BCUT2D eigenvalue weighted by Crippen LogP contribution is -2.56. The molecule has 0 spiro atoms. The lowest BCUT2D eigenvalue weighted by Gasteiger charge is -2.32. The number of carbonyl (C=O) groups excluding carboxylic acids is 4. The van der Waals surface area contributed by atoms with Crippen LogP contribution in [0.1, 0.15) is 22.3 Å². The zero-order valence-corrected chi connectivity index (χ0v) is 31.4. The summed E-state index contributed by atoms with van der Waals surface area (Å²) in [6.07, 6.45) is -4.60. The first-order valence-electron chi connectivity index (χ1n) is 17.4. The van der Waals surface area contributed by atoms with E-state index in [0.29, 0.717) is 24.3 Å². The Morgan fingerprint density at radius 2 is 0.581 bits per heavy atom. The molecule has 4 rings (SSSR count). The minimum Gasteiger partial charge on any atom is -0.504 e. The van der Waals surface area contributed by atoms with Gasteiger partial charge in [0.25, 0.3) is 0 Å². The predicted octanol–water partition coefficient (Wildman–Crippen LogP) is 3.30. The van der Waals surface area contributed by atoms with Crippen LogP contribution in [0, 0.1) is 0 Å². The van der Waals surface area contributed by atoms with E-state index in [4.69, 9.17) is 18.9 Å². The number of benzene rings is 4. The third-order valence-corrected chi connectivity index (χ3v) is 8.04. The fourth-order valence-corrected chi connectivity index (χ4v) is 5.03. The summed E-state index contributed by atoms with van der Waals surface area (Å²) in [5, 5.41) is 98.3. The van der Waals surface area contributed by atoms with Crippen LogP contribution in [0.2, 0.25) is 0 Å². The summed E-state index contributed by atoms with van der Waals surface area (Å²) in [4.78, 5) is 78.4. The van der Waals surface area contributed by atoms with Crippen LogP contribution in [0.15, 0.2) is 97.1 Å². The van der Waals surface area contributed by atoms with Gasteiger partial charge in [-0.3, -0.25) is 0 Å². The number of phenolic OH excluding ortho intramolecular Hbond substituents is 8. The van der Waals surface area contributed by atoms with Crippen molar-refractivity contribution in [2.24, 2.45) is 0 Å². The number of carboxylic acids is 2. The molecule has 0 saturated carbocycles. The minimum absolute atomic E-state index is 0.0554.